The van der Waals surface area contributed by atoms with Crippen molar-refractivity contribution in [2.45, 2.75) is 66.0 Å². The van der Waals surface area contributed by atoms with Crippen molar-refractivity contribution in [2.75, 3.05) is 27.2 Å². The zero-order valence-electron chi connectivity index (χ0n) is 25.6. The normalized spacial score (nSPS) is 12.8. The molecule has 3 aromatic rings. The molecule has 0 aliphatic carbocycles. The van der Waals surface area contributed by atoms with Crippen LogP contribution in [0.3, 0.4) is 0 Å². The Balaban J connectivity index is 1.97. The average molecular weight is 560 g/mol. The number of ether oxygens (including phenoxy) is 1. The molecule has 2 atom stereocenters. The minimum atomic E-state index is -0.711. The van der Waals surface area contributed by atoms with Crippen LogP contribution in [-0.4, -0.2) is 48.6 Å². The highest BCUT2D eigenvalue weighted by molar-refractivity contribution is 5.82. The fraction of sp³-hybridized carbons (Fsp3) is 0.441. The van der Waals surface area contributed by atoms with Crippen molar-refractivity contribution in [3.8, 4) is 11.1 Å². The van der Waals surface area contributed by atoms with E-state index in [9.17, 15) is 14.4 Å². The molecule has 0 saturated heterocycles. The van der Waals surface area contributed by atoms with Crippen LogP contribution in [-0.2, 0) is 20.7 Å². The standard InChI is InChI=1S/C34H45N3O4/c1-8-41-32(39)22-29(27-13-10-14-28(21-27)33-24(4)11-9-12-25(33)5)35-34(40)30(19-23(2)3)37-18-16-26(20-31(37)38)15-17-36(6)7/h9-14,16,18,20-21,23,29-30H,8,15,17,19,22H2,1-7H3,(H,35,40). The summed E-state index contributed by atoms with van der Waals surface area (Å²) in [4.78, 5) is 41.8. The zero-order valence-corrected chi connectivity index (χ0v) is 25.6. The topological polar surface area (TPSA) is 80.6 Å². The van der Waals surface area contributed by atoms with Crippen LogP contribution in [0, 0.1) is 19.8 Å². The molecule has 41 heavy (non-hydrogen) atoms. The van der Waals surface area contributed by atoms with Gasteiger partial charge in [0, 0.05) is 18.8 Å². The third-order valence-electron chi connectivity index (χ3n) is 7.24. The van der Waals surface area contributed by atoms with Crippen LogP contribution in [0.4, 0.5) is 0 Å². The Labute approximate surface area is 244 Å². The molecule has 7 heteroatoms. The molecule has 0 aliphatic rings. The van der Waals surface area contributed by atoms with E-state index in [1.54, 1.807) is 19.2 Å². The maximum Gasteiger partial charge on any atom is 0.308 e. The van der Waals surface area contributed by atoms with Crippen molar-refractivity contribution in [2.24, 2.45) is 5.92 Å². The lowest BCUT2D eigenvalue weighted by molar-refractivity contribution is -0.144. The Bertz CT molecular complexity index is 1370. The molecule has 220 valence electrons. The average Bonchev–Trinajstić information content (AvgIpc) is 2.90. The molecule has 1 heterocycles. The summed E-state index contributed by atoms with van der Waals surface area (Å²) in [5.74, 6) is -0.520. The largest absolute Gasteiger partial charge is 0.466 e. The Kier molecular flexibility index (Phi) is 11.5. The zero-order chi connectivity index (χ0) is 30.1. The predicted octanol–water partition coefficient (Wildman–Crippen LogP) is 5.63. The van der Waals surface area contributed by atoms with Gasteiger partial charge in [-0.15, -0.1) is 0 Å². The first-order valence-electron chi connectivity index (χ1n) is 14.5. The number of pyridine rings is 1. The number of esters is 1. The second-order valence-electron chi connectivity index (χ2n) is 11.4. The molecule has 0 aliphatic heterocycles. The Morgan fingerprint density at radius 1 is 1.00 bits per heavy atom. The Morgan fingerprint density at radius 3 is 2.29 bits per heavy atom. The number of carbonyl (C=O) groups excluding carboxylic acids is 2. The van der Waals surface area contributed by atoms with E-state index in [1.165, 1.54) is 4.57 Å². The van der Waals surface area contributed by atoms with E-state index in [-0.39, 0.29) is 30.4 Å². The van der Waals surface area contributed by atoms with E-state index in [2.05, 4.69) is 36.2 Å². The number of hydrogen-bond donors (Lipinski definition) is 1. The monoisotopic (exact) mass is 559 g/mol. The summed E-state index contributed by atoms with van der Waals surface area (Å²) in [7, 11) is 3.99. The first-order chi connectivity index (χ1) is 19.5. The lowest BCUT2D eigenvalue weighted by atomic mass is 9.92. The Hall–Kier alpha value is -3.71. The predicted molar refractivity (Wildman–Crippen MR) is 165 cm³/mol. The summed E-state index contributed by atoms with van der Waals surface area (Å²) in [6.45, 7) is 11.1. The number of aromatic nitrogens is 1. The maximum atomic E-state index is 13.9. The summed E-state index contributed by atoms with van der Waals surface area (Å²) in [5.41, 5.74) is 5.99. The quantitative estimate of drug-likeness (QED) is 0.275. The fourth-order valence-corrected chi connectivity index (χ4v) is 5.18. The van der Waals surface area contributed by atoms with Gasteiger partial charge < -0.3 is 19.5 Å². The molecule has 3 rings (SSSR count). The highest BCUT2D eigenvalue weighted by Crippen LogP contribution is 2.30. The third-order valence-corrected chi connectivity index (χ3v) is 7.24. The Morgan fingerprint density at radius 2 is 1.68 bits per heavy atom. The van der Waals surface area contributed by atoms with Gasteiger partial charge in [-0.05, 0) is 99.1 Å². The molecule has 7 nitrogen and oxygen atoms in total. The van der Waals surface area contributed by atoms with E-state index in [0.29, 0.717) is 6.42 Å². The van der Waals surface area contributed by atoms with Gasteiger partial charge in [-0.25, -0.2) is 0 Å². The van der Waals surface area contributed by atoms with Crippen LogP contribution in [0.1, 0.15) is 68.0 Å². The van der Waals surface area contributed by atoms with Crippen LogP contribution in [0.15, 0.2) is 65.6 Å². The molecule has 1 amide bonds. The molecule has 0 bridgehead atoms. The van der Waals surface area contributed by atoms with E-state index < -0.39 is 18.1 Å². The second kappa shape index (κ2) is 14.8. The highest BCUT2D eigenvalue weighted by Gasteiger charge is 2.27. The number of carbonyl (C=O) groups is 2. The van der Waals surface area contributed by atoms with Gasteiger partial charge in [0.25, 0.3) is 5.56 Å². The summed E-state index contributed by atoms with van der Waals surface area (Å²) in [5, 5.41) is 3.11. The van der Waals surface area contributed by atoms with E-state index in [0.717, 1.165) is 46.3 Å². The molecule has 2 unspecified atom stereocenters. The van der Waals surface area contributed by atoms with Gasteiger partial charge in [0.15, 0.2) is 0 Å². The molecule has 1 N–H and O–H groups in total. The van der Waals surface area contributed by atoms with Crippen molar-refractivity contribution >= 4 is 11.9 Å². The SMILES string of the molecule is CCOC(=O)CC(NC(=O)C(CC(C)C)n1ccc(CCN(C)C)cc1=O)c1cccc(-c2c(C)cccc2C)c1. The number of nitrogens with zero attached hydrogens (tertiary/aromatic N) is 2. The maximum absolute atomic E-state index is 13.9. The van der Waals surface area contributed by atoms with Gasteiger partial charge in [-0.3, -0.25) is 14.4 Å². The van der Waals surface area contributed by atoms with Gasteiger partial charge >= 0.3 is 5.97 Å². The molecular weight excluding hydrogens is 514 g/mol. The number of likely N-dealkylation sites (N-methyl/N-ethyl adjacent to an activating group) is 1. The number of rotatable bonds is 13. The summed E-state index contributed by atoms with van der Waals surface area (Å²) < 4.78 is 6.78. The van der Waals surface area contributed by atoms with Crippen molar-refractivity contribution in [1.29, 1.82) is 0 Å². The number of benzene rings is 2. The molecule has 0 radical (unpaired) electrons. The smallest absolute Gasteiger partial charge is 0.308 e. The molecule has 0 saturated carbocycles. The number of nitrogens with one attached hydrogen (secondary N) is 1. The third kappa shape index (κ3) is 8.89. The van der Waals surface area contributed by atoms with Crippen LogP contribution < -0.4 is 10.9 Å². The van der Waals surface area contributed by atoms with Crippen molar-refractivity contribution in [3.63, 3.8) is 0 Å². The van der Waals surface area contributed by atoms with Crippen LogP contribution in [0.2, 0.25) is 0 Å². The van der Waals surface area contributed by atoms with E-state index in [1.807, 2.05) is 64.3 Å². The summed E-state index contributed by atoms with van der Waals surface area (Å²) >= 11 is 0. The van der Waals surface area contributed by atoms with Crippen molar-refractivity contribution in [3.05, 3.63) is 93.4 Å². The molecule has 1 aromatic heterocycles. The van der Waals surface area contributed by atoms with Crippen LogP contribution in [0.5, 0.6) is 0 Å². The van der Waals surface area contributed by atoms with Gasteiger partial charge in [-0.1, -0.05) is 50.2 Å². The highest BCUT2D eigenvalue weighted by atomic mass is 16.5. The van der Waals surface area contributed by atoms with Crippen LogP contribution >= 0.6 is 0 Å². The van der Waals surface area contributed by atoms with E-state index >= 15 is 0 Å². The number of amides is 1. The van der Waals surface area contributed by atoms with Gasteiger partial charge in [-0.2, -0.15) is 0 Å². The van der Waals surface area contributed by atoms with Gasteiger partial charge in [0.05, 0.1) is 19.1 Å². The lowest BCUT2D eigenvalue weighted by Crippen LogP contribution is -2.40. The minimum absolute atomic E-state index is 0.0114. The molecule has 0 spiro atoms. The van der Waals surface area contributed by atoms with Crippen LogP contribution in [0.25, 0.3) is 11.1 Å². The van der Waals surface area contributed by atoms with Gasteiger partial charge in [0.1, 0.15) is 6.04 Å². The molecule has 0 fully saturated rings. The van der Waals surface area contributed by atoms with Crippen molar-refractivity contribution < 1.29 is 14.3 Å². The number of hydrogen-bond acceptors (Lipinski definition) is 5. The first-order valence-corrected chi connectivity index (χ1v) is 14.5. The van der Waals surface area contributed by atoms with E-state index in [4.69, 9.17) is 4.74 Å². The summed E-state index contributed by atoms with van der Waals surface area (Å²) in [6.07, 6.45) is 2.95. The summed E-state index contributed by atoms with van der Waals surface area (Å²) in [6, 6.07) is 16.3. The molecular formula is C34H45N3O4. The number of aryl methyl sites for hydroxylation is 2. The first kappa shape index (κ1) is 31.8. The molecule has 2 aromatic carbocycles. The second-order valence-corrected chi connectivity index (χ2v) is 11.4. The van der Waals surface area contributed by atoms with Crippen molar-refractivity contribution in [1.82, 2.24) is 14.8 Å². The minimum Gasteiger partial charge on any atom is -0.466 e. The fourth-order valence-electron chi connectivity index (χ4n) is 5.18. The van der Waals surface area contributed by atoms with Gasteiger partial charge in [0.2, 0.25) is 5.91 Å². The lowest BCUT2D eigenvalue weighted by Gasteiger charge is -2.26.